The summed E-state index contributed by atoms with van der Waals surface area (Å²) in [6.45, 7) is 9.49. The van der Waals surface area contributed by atoms with E-state index >= 15 is 0 Å². The number of pyridine rings is 1. The number of aryl methyl sites for hydroxylation is 1. The molecule has 4 rings (SSSR count). The second-order valence-corrected chi connectivity index (χ2v) is 10.2. The van der Waals surface area contributed by atoms with Crippen LogP contribution in [0.3, 0.4) is 0 Å². The fourth-order valence-corrected chi connectivity index (χ4v) is 4.45. The minimum Gasteiger partial charge on any atom is -0.489 e. The highest BCUT2D eigenvalue weighted by Crippen LogP contribution is 2.36. The molecule has 0 saturated heterocycles. The Labute approximate surface area is 207 Å². The molecule has 1 aliphatic carbocycles. The summed E-state index contributed by atoms with van der Waals surface area (Å²) in [6.07, 6.45) is -2.66. The number of halogens is 3. The summed E-state index contributed by atoms with van der Waals surface area (Å²) in [4.78, 5) is 27.2. The number of rotatable bonds is 6. The summed E-state index contributed by atoms with van der Waals surface area (Å²) in [5.74, 6) is 1.15. The summed E-state index contributed by atoms with van der Waals surface area (Å²) in [7, 11) is 1.81. The van der Waals surface area contributed by atoms with Crippen LogP contribution in [0.4, 0.5) is 30.6 Å². The average molecular weight is 509 g/mol. The molecule has 2 N–H and O–H groups in total. The largest absolute Gasteiger partial charge is 0.489 e. The van der Waals surface area contributed by atoms with Gasteiger partial charge in [-0.05, 0) is 46.8 Å². The van der Waals surface area contributed by atoms with E-state index in [0.29, 0.717) is 41.7 Å². The molecule has 9 nitrogen and oxygen atoms in total. The van der Waals surface area contributed by atoms with Gasteiger partial charge in [-0.3, -0.25) is 4.79 Å². The summed E-state index contributed by atoms with van der Waals surface area (Å²) in [5, 5.41) is 6.21. The molecule has 2 aliphatic rings. The standard InChI is InChI=1S/C24H31F3N6O3/c1-12-18-20(33(6)19(21(34)31-18)13(2)36-23(3,4)5)32-22(29-12)30-14-9-16(10-14)35-15-7-8-17(28-11-15)24(25,26)27/h7-8,11,13-14,16,19H,9-10H2,1-6H3,(H,31,34)(H,29,30,32)/t13-,14-,16-,19?/m0/s1. The number of carbonyl (C=O) groups is 1. The number of fused-ring (bicyclic) bond motifs is 1. The highest BCUT2D eigenvalue weighted by Gasteiger charge is 2.39. The van der Waals surface area contributed by atoms with Crippen LogP contribution >= 0.6 is 0 Å². The quantitative estimate of drug-likeness (QED) is 0.599. The topological polar surface area (TPSA) is 102 Å². The highest BCUT2D eigenvalue weighted by molar-refractivity contribution is 6.03. The molecule has 196 valence electrons. The van der Waals surface area contributed by atoms with E-state index in [-0.39, 0.29) is 24.2 Å². The fourth-order valence-electron chi connectivity index (χ4n) is 4.45. The molecule has 12 heteroatoms. The molecule has 1 saturated carbocycles. The number of alkyl halides is 3. The Bertz CT molecular complexity index is 1110. The Balaban J connectivity index is 1.39. The lowest BCUT2D eigenvalue weighted by molar-refractivity contribution is -0.141. The van der Waals surface area contributed by atoms with Gasteiger partial charge in [-0.15, -0.1) is 0 Å². The van der Waals surface area contributed by atoms with E-state index in [1.54, 1.807) is 6.92 Å². The molecular weight excluding hydrogens is 477 g/mol. The summed E-state index contributed by atoms with van der Waals surface area (Å²) in [6, 6.07) is 1.66. The van der Waals surface area contributed by atoms with Crippen LogP contribution in [0, 0.1) is 6.92 Å². The molecule has 0 radical (unpaired) electrons. The van der Waals surface area contributed by atoms with Crippen molar-refractivity contribution < 1.29 is 27.4 Å². The Morgan fingerprint density at radius 2 is 1.89 bits per heavy atom. The third-order valence-electron chi connectivity index (χ3n) is 6.08. The number of ether oxygens (including phenoxy) is 2. The number of carbonyl (C=O) groups excluding carboxylic acids is 1. The van der Waals surface area contributed by atoms with Crippen LogP contribution in [0.15, 0.2) is 18.3 Å². The van der Waals surface area contributed by atoms with Gasteiger partial charge in [0, 0.05) is 25.9 Å². The number of aromatic nitrogens is 3. The Kier molecular flexibility index (Phi) is 6.76. The minimum absolute atomic E-state index is 0.0392. The lowest BCUT2D eigenvalue weighted by Gasteiger charge is -2.40. The van der Waals surface area contributed by atoms with E-state index in [2.05, 4.69) is 25.6 Å². The van der Waals surface area contributed by atoms with Crippen molar-refractivity contribution in [2.24, 2.45) is 0 Å². The third kappa shape index (κ3) is 5.63. The summed E-state index contributed by atoms with van der Waals surface area (Å²) in [5.41, 5.74) is -0.162. The molecule has 2 aromatic heterocycles. The molecule has 3 heterocycles. The summed E-state index contributed by atoms with van der Waals surface area (Å²) < 4.78 is 49.8. The fraction of sp³-hybridized carbons (Fsp3) is 0.583. The van der Waals surface area contributed by atoms with Gasteiger partial charge in [-0.25, -0.2) is 9.97 Å². The van der Waals surface area contributed by atoms with Crippen molar-refractivity contribution in [1.82, 2.24) is 15.0 Å². The molecule has 1 aliphatic heterocycles. The van der Waals surface area contributed by atoms with Crippen LogP contribution in [0.5, 0.6) is 5.75 Å². The lowest BCUT2D eigenvalue weighted by Crippen LogP contribution is -2.54. The van der Waals surface area contributed by atoms with Crippen LogP contribution in [-0.2, 0) is 15.7 Å². The predicted octanol–water partition coefficient (Wildman–Crippen LogP) is 4.18. The van der Waals surface area contributed by atoms with Crippen molar-refractivity contribution in [1.29, 1.82) is 0 Å². The van der Waals surface area contributed by atoms with Crippen LogP contribution < -0.4 is 20.3 Å². The molecule has 0 aromatic carbocycles. The third-order valence-corrected chi connectivity index (χ3v) is 6.08. The molecule has 1 unspecified atom stereocenters. The molecule has 36 heavy (non-hydrogen) atoms. The van der Waals surface area contributed by atoms with Crippen LogP contribution in [-0.4, -0.2) is 57.8 Å². The zero-order valence-corrected chi connectivity index (χ0v) is 21.1. The number of anilines is 3. The van der Waals surface area contributed by atoms with Gasteiger partial charge >= 0.3 is 6.18 Å². The number of likely N-dealkylation sites (N-methyl/N-ethyl adjacent to an activating group) is 1. The van der Waals surface area contributed by atoms with Crippen molar-refractivity contribution >= 4 is 23.4 Å². The van der Waals surface area contributed by atoms with E-state index in [0.717, 1.165) is 12.3 Å². The normalized spacial score (nSPS) is 22.9. The van der Waals surface area contributed by atoms with Gasteiger partial charge < -0.3 is 25.0 Å². The number of nitrogens with one attached hydrogen (secondary N) is 2. The zero-order valence-electron chi connectivity index (χ0n) is 21.1. The number of hydrogen-bond donors (Lipinski definition) is 2. The van der Waals surface area contributed by atoms with Gasteiger partial charge in [-0.1, -0.05) is 0 Å². The van der Waals surface area contributed by atoms with Crippen LogP contribution in [0.2, 0.25) is 0 Å². The van der Waals surface area contributed by atoms with E-state index in [1.165, 1.54) is 6.07 Å². The average Bonchev–Trinajstić information content (AvgIpc) is 2.71. The van der Waals surface area contributed by atoms with Crippen molar-refractivity contribution in [2.45, 2.75) is 83.5 Å². The molecule has 1 amide bonds. The number of hydrogen-bond acceptors (Lipinski definition) is 8. The first-order valence-electron chi connectivity index (χ1n) is 11.8. The minimum atomic E-state index is -4.48. The van der Waals surface area contributed by atoms with Crippen LogP contribution in [0.25, 0.3) is 0 Å². The van der Waals surface area contributed by atoms with E-state index in [1.807, 2.05) is 39.6 Å². The monoisotopic (exact) mass is 508 g/mol. The first kappa shape index (κ1) is 25.9. The Morgan fingerprint density at radius 1 is 1.19 bits per heavy atom. The first-order valence-corrected chi connectivity index (χ1v) is 11.8. The number of nitrogens with zero attached hydrogens (tertiary/aromatic N) is 4. The smallest absolute Gasteiger partial charge is 0.433 e. The molecule has 0 bridgehead atoms. The number of amides is 1. The van der Waals surface area contributed by atoms with E-state index < -0.39 is 23.5 Å². The maximum atomic E-state index is 12.8. The van der Waals surface area contributed by atoms with E-state index in [4.69, 9.17) is 9.47 Å². The maximum Gasteiger partial charge on any atom is 0.433 e. The van der Waals surface area contributed by atoms with Gasteiger partial charge in [0.05, 0.1) is 23.6 Å². The van der Waals surface area contributed by atoms with Gasteiger partial charge in [-0.2, -0.15) is 18.2 Å². The molecule has 0 spiro atoms. The van der Waals surface area contributed by atoms with Gasteiger partial charge in [0.2, 0.25) is 11.9 Å². The molecule has 1 fully saturated rings. The van der Waals surface area contributed by atoms with Crippen molar-refractivity contribution in [3.05, 3.63) is 29.7 Å². The molecule has 2 atom stereocenters. The van der Waals surface area contributed by atoms with Crippen LogP contribution in [0.1, 0.15) is 51.9 Å². The first-order chi connectivity index (χ1) is 16.7. The van der Waals surface area contributed by atoms with Crippen molar-refractivity contribution in [3.8, 4) is 5.75 Å². The SMILES string of the molecule is Cc1nc(N[C@H]2C[C@H](Oc3ccc(C(F)(F)F)nc3)C2)nc2c1NC(=O)C([C@H](C)OC(C)(C)C)N2C. The lowest BCUT2D eigenvalue weighted by atomic mass is 9.89. The maximum absolute atomic E-state index is 12.8. The Morgan fingerprint density at radius 3 is 2.47 bits per heavy atom. The molecular formula is C24H31F3N6O3. The summed E-state index contributed by atoms with van der Waals surface area (Å²) >= 11 is 0. The van der Waals surface area contributed by atoms with Gasteiger partial charge in [0.15, 0.2) is 5.82 Å². The second kappa shape index (κ2) is 9.38. The van der Waals surface area contributed by atoms with Gasteiger partial charge in [0.1, 0.15) is 29.3 Å². The highest BCUT2D eigenvalue weighted by atomic mass is 19.4. The molecule has 2 aromatic rings. The Hall–Kier alpha value is -3.15. The van der Waals surface area contributed by atoms with Crippen molar-refractivity contribution in [3.63, 3.8) is 0 Å². The zero-order chi connectivity index (χ0) is 26.4. The van der Waals surface area contributed by atoms with Gasteiger partial charge in [0.25, 0.3) is 0 Å². The predicted molar refractivity (Wildman–Crippen MR) is 128 cm³/mol. The second-order valence-electron chi connectivity index (χ2n) is 10.2. The van der Waals surface area contributed by atoms with E-state index in [9.17, 15) is 18.0 Å². The van der Waals surface area contributed by atoms with Crippen molar-refractivity contribution in [2.75, 3.05) is 22.6 Å².